The molecule has 2 aromatic carbocycles. The van der Waals surface area contributed by atoms with Crippen molar-refractivity contribution in [1.29, 1.82) is 0 Å². The lowest BCUT2D eigenvalue weighted by molar-refractivity contribution is -0.119. The summed E-state index contributed by atoms with van der Waals surface area (Å²) in [4.78, 5) is 12.1. The molecule has 0 saturated heterocycles. The Hall–Kier alpha value is -3.09. The second-order valence-electron chi connectivity index (χ2n) is 11.8. The SMILES string of the molecule is O=C(CCCCCCCCCCCc1ccc(O)c(O)c1O)CCCCCCCCCCCc1ccc(O)c(O)c1O. The van der Waals surface area contributed by atoms with Gasteiger partial charge in [-0.3, -0.25) is 4.79 Å². The van der Waals surface area contributed by atoms with E-state index in [-0.39, 0.29) is 23.0 Å². The zero-order valence-corrected chi connectivity index (χ0v) is 25.5. The van der Waals surface area contributed by atoms with Crippen LogP contribution >= 0.6 is 0 Å². The first-order chi connectivity index (χ1) is 20.3. The summed E-state index contributed by atoms with van der Waals surface area (Å²) in [6, 6.07) is 6.15. The Labute approximate surface area is 252 Å². The maximum absolute atomic E-state index is 12.1. The smallest absolute Gasteiger partial charge is 0.200 e. The van der Waals surface area contributed by atoms with E-state index in [2.05, 4.69) is 0 Å². The standard InChI is InChI=1S/C35H54O7/c36-29(21-17-13-9-5-1-3-7-11-15-19-27-23-25-30(37)34(41)32(27)39)22-18-14-10-6-2-4-8-12-16-20-28-24-26-31(38)35(42)33(28)40/h23-26,37-42H,1-22H2. The minimum atomic E-state index is -0.433. The summed E-state index contributed by atoms with van der Waals surface area (Å²) in [5, 5.41) is 57.7. The van der Waals surface area contributed by atoms with Crippen molar-refractivity contribution < 1.29 is 35.4 Å². The molecular formula is C35H54O7. The third-order valence-corrected chi connectivity index (χ3v) is 8.23. The molecule has 0 unspecified atom stereocenters. The third kappa shape index (κ3) is 13.7. The van der Waals surface area contributed by atoms with Gasteiger partial charge in [0.05, 0.1) is 0 Å². The number of phenols is 6. The van der Waals surface area contributed by atoms with Crippen molar-refractivity contribution in [2.75, 3.05) is 0 Å². The highest BCUT2D eigenvalue weighted by Crippen LogP contribution is 2.38. The average Bonchev–Trinajstić information content (AvgIpc) is 2.98. The number of aryl methyl sites for hydroxylation is 2. The molecule has 0 aliphatic rings. The predicted molar refractivity (Wildman–Crippen MR) is 168 cm³/mol. The van der Waals surface area contributed by atoms with E-state index in [1.165, 1.54) is 63.5 Å². The predicted octanol–water partition coefficient (Wildman–Crippen LogP) is 9.08. The van der Waals surface area contributed by atoms with Crippen molar-refractivity contribution in [1.82, 2.24) is 0 Å². The highest BCUT2D eigenvalue weighted by molar-refractivity contribution is 5.78. The van der Waals surface area contributed by atoms with Crippen molar-refractivity contribution in [3.05, 3.63) is 35.4 Å². The molecule has 0 amide bonds. The van der Waals surface area contributed by atoms with Gasteiger partial charge in [0, 0.05) is 12.8 Å². The number of Topliss-reactive ketones (excluding diaryl/α,β-unsaturated/α-hetero) is 1. The second kappa shape index (κ2) is 20.7. The lowest BCUT2D eigenvalue weighted by atomic mass is 10.0. The molecule has 0 aliphatic heterocycles. The summed E-state index contributed by atoms with van der Waals surface area (Å²) in [6.07, 6.45) is 23.1. The number of phenolic OH excluding ortho intramolecular Hbond substituents is 6. The van der Waals surface area contributed by atoms with Crippen LogP contribution in [0.4, 0.5) is 0 Å². The maximum Gasteiger partial charge on any atom is 0.200 e. The van der Waals surface area contributed by atoms with Gasteiger partial charge < -0.3 is 30.6 Å². The van der Waals surface area contributed by atoms with Gasteiger partial charge in [-0.25, -0.2) is 0 Å². The van der Waals surface area contributed by atoms with Gasteiger partial charge >= 0.3 is 0 Å². The van der Waals surface area contributed by atoms with Crippen LogP contribution in [0.3, 0.4) is 0 Å². The van der Waals surface area contributed by atoms with Crippen LogP contribution in [-0.2, 0) is 17.6 Å². The molecule has 0 bridgehead atoms. The van der Waals surface area contributed by atoms with Gasteiger partial charge in [-0.2, -0.15) is 0 Å². The fourth-order valence-corrected chi connectivity index (χ4v) is 5.50. The Bertz CT molecular complexity index is 969. The Morgan fingerprint density at radius 2 is 0.667 bits per heavy atom. The fourth-order valence-electron chi connectivity index (χ4n) is 5.50. The van der Waals surface area contributed by atoms with E-state index < -0.39 is 11.5 Å². The molecule has 0 heterocycles. The number of carbonyl (C=O) groups excluding carboxylic acids is 1. The van der Waals surface area contributed by atoms with E-state index in [0.29, 0.717) is 29.8 Å². The van der Waals surface area contributed by atoms with Crippen LogP contribution in [0, 0.1) is 0 Å². The molecule has 7 nitrogen and oxygen atoms in total. The minimum absolute atomic E-state index is 0.208. The number of aromatic hydroxyl groups is 6. The highest BCUT2D eigenvalue weighted by atomic mass is 16.3. The first-order valence-electron chi connectivity index (χ1n) is 16.3. The van der Waals surface area contributed by atoms with Crippen LogP contribution in [0.1, 0.15) is 140 Å². The lowest BCUT2D eigenvalue weighted by Crippen LogP contribution is -1.97. The summed E-state index contributed by atoms with van der Waals surface area (Å²) >= 11 is 0. The Balaban J connectivity index is 1.30. The van der Waals surface area contributed by atoms with Crippen LogP contribution in [-0.4, -0.2) is 36.4 Å². The summed E-state index contributed by atoms with van der Waals surface area (Å²) in [6.45, 7) is 0. The normalized spacial score (nSPS) is 11.2. The summed E-state index contributed by atoms with van der Waals surface area (Å²) in [5.41, 5.74) is 1.35. The molecule has 42 heavy (non-hydrogen) atoms. The molecule has 0 aliphatic carbocycles. The van der Waals surface area contributed by atoms with Crippen molar-refractivity contribution in [2.45, 2.75) is 141 Å². The van der Waals surface area contributed by atoms with Gasteiger partial charge in [-0.1, -0.05) is 102 Å². The Morgan fingerprint density at radius 1 is 0.381 bits per heavy atom. The first kappa shape index (κ1) is 35.1. The van der Waals surface area contributed by atoms with Crippen LogP contribution in [0.25, 0.3) is 0 Å². The Kier molecular flexibility index (Phi) is 17.3. The summed E-state index contributed by atoms with van der Waals surface area (Å²) in [7, 11) is 0. The quantitative estimate of drug-likeness (QED) is 0.0533. The van der Waals surface area contributed by atoms with Crippen LogP contribution in [0.5, 0.6) is 34.5 Å². The molecule has 0 aromatic heterocycles. The zero-order valence-electron chi connectivity index (χ0n) is 25.5. The van der Waals surface area contributed by atoms with Gasteiger partial charge in [0.1, 0.15) is 5.78 Å². The fraction of sp³-hybridized carbons (Fsp3) is 0.629. The number of hydrogen-bond donors (Lipinski definition) is 6. The molecule has 236 valence electrons. The van der Waals surface area contributed by atoms with E-state index >= 15 is 0 Å². The molecule has 6 N–H and O–H groups in total. The van der Waals surface area contributed by atoms with Crippen molar-refractivity contribution >= 4 is 5.78 Å². The molecule has 0 fully saturated rings. The van der Waals surface area contributed by atoms with Crippen LogP contribution in [0.15, 0.2) is 24.3 Å². The molecule has 0 radical (unpaired) electrons. The van der Waals surface area contributed by atoms with Crippen LogP contribution < -0.4 is 0 Å². The first-order valence-corrected chi connectivity index (χ1v) is 16.3. The average molecular weight is 587 g/mol. The maximum atomic E-state index is 12.1. The van der Waals surface area contributed by atoms with E-state index in [9.17, 15) is 35.4 Å². The van der Waals surface area contributed by atoms with E-state index in [1.54, 1.807) is 12.1 Å². The topological polar surface area (TPSA) is 138 Å². The van der Waals surface area contributed by atoms with Gasteiger partial charge in [-0.15, -0.1) is 0 Å². The molecule has 2 aromatic rings. The number of ketones is 1. The summed E-state index contributed by atoms with van der Waals surface area (Å²) in [5.74, 6) is -1.45. The molecule has 0 saturated carbocycles. The largest absolute Gasteiger partial charge is 0.504 e. The molecule has 0 spiro atoms. The van der Waals surface area contributed by atoms with Gasteiger partial charge in [0.15, 0.2) is 23.0 Å². The van der Waals surface area contributed by atoms with Crippen molar-refractivity contribution in [3.63, 3.8) is 0 Å². The van der Waals surface area contributed by atoms with Gasteiger partial charge in [0.2, 0.25) is 11.5 Å². The van der Waals surface area contributed by atoms with E-state index in [1.807, 2.05) is 0 Å². The number of unbranched alkanes of at least 4 members (excludes halogenated alkanes) is 16. The number of carbonyl (C=O) groups is 1. The van der Waals surface area contributed by atoms with E-state index in [0.717, 1.165) is 77.0 Å². The van der Waals surface area contributed by atoms with Crippen molar-refractivity contribution in [3.8, 4) is 34.5 Å². The number of rotatable bonds is 24. The van der Waals surface area contributed by atoms with Gasteiger partial charge in [-0.05, 0) is 61.8 Å². The molecule has 0 atom stereocenters. The Morgan fingerprint density at radius 3 is 1.00 bits per heavy atom. The lowest BCUT2D eigenvalue weighted by Gasteiger charge is -2.07. The highest BCUT2D eigenvalue weighted by Gasteiger charge is 2.11. The summed E-state index contributed by atoms with van der Waals surface area (Å²) < 4.78 is 0. The monoisotopic (exact) mass is 586 g/mol. The van der Waals surface area contributed by atoms with Crippen molar-refractivity contribution in [2.24, 2.45) is 0 Å². The van der Waals surface area contributed by atoms with Crippen LogP contribution in [0.2, 0.25) is 0 Å². The number of hydrogen-bond acceptors (Lipinski definition) is 7. The molecular weight excluding hydrogens is 532 g/mol. The third-order valence-electron chi connectivity index (χ3n) is 8.23. The second-order valence-corrected chi connectivity index (χ2v) is 11.8. The van der Waals surface area contributed by atoms with E-state index in [4.69, 9.17) is 0 Å². The number of benzene rings is 2. The molecule has 7 heteroatoms. The zero-order chi connectivity index (χ0) is 30.6. The van der Waals surface area contributed by atoms with Gasteiger partial charge in [0.25, 0.3) is 0 Å². The minimum Gasteiger partial charge on any atom is -0.504 e. The molecule has 2 rings (SSSR count).